The lowest BCUT2D eigenvalue weighted by Gasteiger charge is -2.19. The Morgan fingerprint density at radius 2 is 1.67 bits per heavy atom. The molecule has 0 heterocycles. The Labute approximate surface area is 120 Å². The zero-order valence-electron chi connectivity index (χ0n) is 10.9. The first-order valence-corrected chi connectivity index (χ1v) is 6.16. The number of aliphatic carboxylic acids is 1. The third-order valence-corrected chi connectivity index (χ3v) is 2.78. The maximum Gasteiger partial charge on any atom is 0.387 e. The monoisotopic (exact) mass is 293 g/mol. The number of anilines is 1. The van der Waals surface area contributed by atoms with Gasteiger partial charge < -0.3 is 15.2 Å². The molecule has 2 aromatic rings. The molecule has 0 amide bonds. The normalized spacial score (nSPS) is 12.0. The van der Waals surface area contributed by atoms with Gasteiger partial charge in [-0.2, -0.15) is 8.78 Å². The average Bonchev–Trinajstić information content (AvgIpc) is 2.46. The van der Waals surface area contributed by atoms with Crippen LogP contribution >= 0.6 is 0 Å². The SMILES string of the molecule is O=C(O)C(Nc1ccccc1)c1ccccc1OC(F)F. The quantitative estimate of drug-likeness (QED) is 0.855. The van der Waals surface area contributed by atoms with Gasteiger partial charge in [-0.25, -0.2) is 4.79 Å². The lowest BCUT2D eigenvalue weighted by atomic mass is 10.1. The van der Waals surface area contributed by atoms with Crippen molar-refractivity contribution < 1.29 is 23.4 Å². The van der Waals surface area contributed by atoms with E-state index in [1.807, 2.05) is 0 Å². The predicted octanol–water partition coefficient (Wildman–Crippen LogP) is 3.53. The van der Waals surface area contributed by atoms with Crippen LogP contribution in [0.3, 0.4) is 0 Å². The van der Waals surface area contributed by atoms with E-state index in [4.69, 9.17) is 0 Å². The highest BCUT2D eigenvalue weighted by atomic mass is 19.3. The standard InChI is InChI=1S/C15H13F2NO3/c16-15(17)21-12-9-5-4-8-11(12)13(14(19)20)18-10-6-2-1-3-7-10/h1-9,13,15,18H,(H,19,20). The minimum Gasteiger partial charge on any atom is -0.479 e. The Hall–Kier alpha value is -2.63. The first-order chi connectivity index (χ1) is 10.1. The van der Waals surface area contributed by atoms with Crippen LogP contribution in [0.5, 0.6) is 5.75 Å². The van der Waals surface area contributed by atoms with Crippen molar-refractivity contribution in [2.24, 2.45) is 0 Å². The molecule has 0 bridgehead atoms. The summed E-state index contributed by atoms with van der Waals surface area (Å²) in [5.74, 6) is -1.35. The van der Waals surface area contributed by atoms with Gasteiger partial charge in [-0.1, -0.05) is 36.4 Å². The maximum absolute atomic E-state index is 12.4. The largest absolute Gasteiger partial charge is 0.479 e. The molecule has 4 nitrogen and oxygen atoms in total. The molecule has 6 heteroatoms. The molecule has 1 unspecified atom stereocenters. The van der Waals surface area contributed by atoms with Crippen LogP contribution in [0, 0.1) is 0 Å². The van der Waals surface area contributed by atoms with Crippen molar-refractivity contribution >= 4 is 11.7 Å². The molecule has 1 atom stereocenters. The Kier molecular flexibility index (Phi) is 4.71. The molecule has 0 aliphatic rings. The summed E-state index contributed by atoms with van der Waals surface area (Å²) in [6, 6.07) is 13.3. The molecule has 0 radical (unpaired) electrons. The highest BCUT2D eigenvalue weighted by Gasteiger charge is 2.24. The lowest BCUT2D eigenvalue weighted by molar-refractivity contribution is -0.138. The molecule has 0 saturated heterocycles. The fourth-order valence-corrected chi connectivity index (χ4v) is 1.90. The molecule has 0 fully saturated rings. The van der Waals surface area contributed by atoms with E-state index < -0.39 is 18.6 Å². The fraction of sp³-hybridized carbons (Fsp3) is 0.133. The number of hydrogen-bond acceptors (Lipinski definition) is 3. The van der Waals surface area contributed by atoms with E-state index >= 15 is 0 Å². The third-order valence-electron chi connectivity index (χ3n) is 2.78. The third kappa shape index (κ3) is 3.92. The van der Waals surface area contributed by atoms with Crippen molar-refractivity contribution in [3.8, 4) is 5.75 Å². The molecule has 0 aromatic heterocycles. The highest BCUT2D eigenvalue weighted by molar-refractivity contribution is 5.80. The molecule has 2 aromatic carbocycles. The van der Waals surface area contributed by atoms with E-state index in [1.165, 1.54) is 18.2 Å². The summed E-state index contributed by atoms with van der Waals surface area (Å²) >= 11 is 0. The molecular weight excluding hydrogens is 280 g/mol. The first-order valence-electron chi connectivity index (χ1n) is 6.16. The molecule has 2 N–H and O–H groups in total. The fourth-order valence-electron chi connectivity index (χ4n) is 1.90. The number of para-hydroxylation sites is 2. The lowest BCUT2D eigenvalue weighted by Crippen LogP contribution is -2.21. The highest BCUT2D eigenvalue weighted by Crippen LogP contribution is 2.29. The van der Waals surface area contributed by atoms with Crippen LogP contribution in [-0.4, -0.2) is 17.7 Å². The summed E-state index contributed by atoms with van der Waals surface area (Å²) in [5.41, 5.74) is 0.700. The van der Waals surface area contributed by atoms with Crippen molar-refractivity contribution in [2.45, 2.75) is 12.7 Å². The van der Waals surface area contributed by atoms with Gasteiger partial charge in [-0.15, -0.1) is 0 Å². The average molecular weight is 293 g/mol. The number of carboxylic acid groups (broad SMARTS) is 1. The number of nitrogens with one attached hydrogen (secondary N) is 1. The van der Waals surface area contributed by atoms with E-state index in [0.717, 1.165) is 0 Å². The number of benzene rings is 2. The van der Waals surface area contributed by atoms with Crippen LogP contribution in [0.1, 0.15) is 11.6 Å². The van der Waals surface area contributed by atoms with Crippen LogP contribution in [0.4, 0.5) is 14.5 Å². The summed E-state index contributed by atoms with van der Waals surface area (Å²) in [5, 5.41) is 12.1. The summed E-state index contributed by atoms with van der Waals surface area (Å²) < 4.78 is 29.2. The summed E-state index contributed by atoms with van der Waals surface area (Å²) in [6.45, 7) is -3.02. The van der Waals surface area contributed by atoms with Gasteiger partial charge in [0.1, 0.15) is 5.75 Å². The number of carboxylic acids is 1. The number of hydrogen-bond donors (Lipinski definition) is 2. The zero-order valence-corrected chi connectivity index (χ0v) is 10.9. The number of carbonyl (C=O) groups is 1. The van der Waals surface area contributed by atoms with Crippen molar-refractivity contribution in [3.63, 3.8) is 0 Å². The van der Waals surface area contributed by atoms with Crippen molar-refractivity contribution in [1.82, 2.24) is 0 Å². The van der Waals surface area contributed by atoms with Gasteiger partial charge in [0.25, 0.3) is 0 Å². The van der Waals surface area contributed by atoms with Crippen LogP contribution in [0.25, 0.3) is 0 Å². The van der Waals surface area contributed by atoms with E-state index in [-0.39, 0.29) is 11.3 Å². The molecule has 0 aliphatic carbocycles. The molecule has 2 rings (SSSR count). The summed E-state index contributed by atoms with van der Waals surface area (Å²) in [6.07, 6.45) is 0. The van der Waals surface area contributed by atoms with Gasteiger partial charge >= 0.3 is 12.6 Å². The Morgan fingerprint density at radius 3 is 2.29 bits per heavy atom. The Morgan fingerprint density at radius 1 is 1.05 bits per heavy atom. The van der Waals surface area contributed by atoms with Gasteiger partial charge in [0, 0.05) is 11.3 Å². The maximum atomic E-state index is 12.4. The topological polar surface area (TPSA) is 58.6 Å². The number of alkyl halides is 2. The van der Waals surface area contributed by atoms with E-state index in [1.54, 1.807) is 36.4 Å². The molecule has 110 valence electrons. The Balaban J connectivity index is 2.32. The van der Waals surface area contributed by atoms with Gasteiger partial charge in [-0.05, 0) is 18.2 Å². The van der Waals surface area contributed by atoms with Crippen molar-refractivity contribution in [3.05, 3.63) is 60.2 Å². The second-order valence-corrected chi connectivity index (χ2v) is 4.20. The van der Waals surface area contributed by atoms with Crippen LogP contribution in [0.2, 0.25) is 0 Å². The Bertz CT molecular complexity index is 605. The minimum absolute atomic E-state index is 0.133. The van der Waals surface area contributed by atoms with Crippen LogP contribution in [0.15, 0.2) is 54.6 Å². The number of rotatable bonds is 6. The molecular formula is C15H13F2NO3. The smallest absolute Gasteiger partial charge is 0.387 e. The van der Waals surface area contributed by atoms with Crippen molar-refractivity contribution in [1.29, 1.82) is 0 Å². The number of ether oxygens (including phenoxy) is 1. The van der Waals surface area contributed by atoms with Crippen LogP contribution in [-0.2, 0) is 4.79 Å². The van der Waals surface area contributed by atoms with Gasteiger partial charge in [0.2, 0.25) is 0 Å². The van der Waals surface area contributed by atoms with E-state index in [9.17, 15) is 18.7 Å². The van der Waals surface area contributed by atoms with Gasteiger partial charge in [0.05, 0.1) is 0 Å². The van der Waals surface area contributed by atoms with E-state index in [0.29, 0.717) is 5.69 Å². The second kappa shape index (κ2) is 6.69. The van der Waals surface area contributed by atoms with Gasteiger partial charge in [-0.3, -0.25) is 0 Å². The van der Waals surface area contributed by atoms with Gasteiger partial charge in [0.15, 0.2) is 6.04 Å². The zero-order chi connectivity index (χ0) is 15.2. The molecule has 0 spiro atoms. The minimum atomic E-state index is -3.02. The predicted molar refractivity (Wildman–Crippen MR) is 73.5 cm³/mol. The van der Waals surface area contributed by atoms with E-state index in [2.05, 4.69) is 10.1 Å². The molecule has 0 saturated carbocycles. The second-order valence-electron chi connectivity index (χ2n) is 4.20. The van der Waals surface area contributed by atoms with Crippen molar-refractivity contribution in [2.75, 3.05) is 5.32 Å². The summed E-state index contributed by atoms with van der Waals surface area (Å²) in [7, 11) is 0. The summed E-state index contributed by atoms with van der Waals surface area (Å²) in [4.78, 5) is 11.4. The molecule has 21 heavy (non-hydrogen) atoms. The number of halogens is 2. The first kappa shape index (κ1) is 14.8. The molecule has 0 aliphatic heterocycles. The van der Waals surface area contributed by atoms with Crippen LogP contribution < -0.4 is 10.1 Å².